The maximum atomic E-state index is 14.0. The van der Waals surface area contributed by atoms with Crippen molar-refractivity contribution in [3.8, 4) is 0 Å². The molecule has 1 aromatic rings. The van der Waals surface area contributed by atoms with E-state index in [2.05, 4.69) is 16.0 Å². The van der Waals surface area contributed by atoms with E-state index in [-0.39, 0.29) is 17.2 Å². The SMILES string of the molecule is COC(=O)C1(N)CC2(CCN(C(=O)[C@@H](CCCCNC(=O)OC(C)(C)C)NC(=O)[C@@H](CC(C)C)NC(=O)[C@H](N)Cc3ccccc3)CC2)C1. The lowest BCUT2D eigenvalue weighted by Gasteiger charge is -2.56. The molecule has 0 aromatic heterocycles. The summed E-state index contributed by atoms with van der Waals surface area (Å²) in [5.74, 6) is -1.42. The largest absolute Gasteiger partial charge is 0.468 e. The fourth-order valence-electron chi connectivity index (χ4n) is 6.86. The van der Waals surface area contributed by atoms with Gasteiger partial charge in [-0.25, -0.2) is 4.79 Å². The van der Waals surface area contributed by atoms with E-state index in [1.807, 2.05) is 44.2 Å². The van der Waals surface area contributed by atoms with Crippen LogP contribution in [0.25, 0.3) is 0 Å². The summed E-state index contributed by atoms with van der Waals surface area (Å²) >= 11 is 0. The molecule has 4 amide bonds. The van der Waals surface area contributed by atoms with Crippen LogP contribution in [0.3, 0.4) is 0 Å². The average Bonchev–Trinajstić information content (AvgIpc) is 3.01. The van der Waals surface area contributed by atoms with Crippen molar-refractivity contribution in [1.82, 2.24) is 20.9 Å². The fourth-order valence-corrected chi connectivity index (χ4v) is 6.86. The minimum atomic E-state index is -0.982. The molecule has 1 heterocycles. The van der Waals surface area contributed by atoms with E-state index in [4.69, 9.17) is 20.9 Å². The Morgan fingerprint density at radius 1 is 0.939 bits per heavy atom. The Hall–Kier alpha value is -3.71. The van der Waals surface area contributed by atoms with Crippen molar-refractivity contribution in [2.75, 3.05) is 26.7 Å². The predicted molar refractivity (Wildman–Crippen MR) is 186 cm³/mol. The monoisotopic (exact) mass is 686 g/mol. The van der Waals surface area contributed by atoms with Crippen LogP contribution in [0.1, 0.15) is 91.5 Å². The molecule has 1 saturated heterocycles. The molecule has 2 fully saturated rings. The van der Waals surface area contributed by atoms with Gasteiger partial charge in [-0.05, 0) is 95.5 Å². The van der Waals surface area contributed by atoms with Gasteiger partial charge in [-0.2, -0.15) is 0 Å². The summed E-state index contributed by atoms with van der Waals surface area (Å²) in [5, 5.41) is 8.51. The Morgan fingerprint density at radius 3 is 2.12 bits per heavy atom. The Bertz CT molecular complexity index is 1280. The fraction of sp³-hybridized carbons (Fsp3) is 0.694. The van der Waals surface area contributed by atoms with Crippen molar-refractivity contribution in [3.63, 3.8) is 0 Å². The molecule has 1 saturated carbocycles. The molecule has 13 heteroatoms. The first-order valence-electron chi connectivity index (χ1n) is 17.5. The number of hydrogen-bond acceptors (Lipinski definition) is 9. The van der Waals surface area contributed by atoms with E-state index in [1.165, 1.54) is 7.11 Å². The number of benzene rings is 1. The number of nitrogens with one attached hydrogen (secondary N) is 3. The number of rotatable bonds is 15. The van der Waals surface area contributed by atoms with Crippen LogP contribution < -0.4 is 27.4 Å². The number of amides is 4. The maximum absolute atomic E-state index is 14.0. The van der Waals surface area contributed by atoms with Crippen molar-refractivity contribution >= 4 is 29.8 Å². The Morgan fingerprint density at radius 2 is 1.55 bits per heavy atom. The molecule has 0 unspecified atom stereocenters. The Labute approximate surface area is 290 Å². The minimum Gasteiger partial charge on any atom is -0.468 e. The van der Waals surface area contributed by atoms with Crippen molar-refractivity contribution in [3.05, 3.63) is 35.9 Å². The summed E-state index contributed by atoms with van der Waals surface area (Å²) in [7, 11) is 1.33. The van der Waals surface area contributed by atoms with Crippen molar-refractivity contribution < 1.29 is 33.4 Å². The van der Waals surface area contributed by atoms with Crippen LogP contribution in [0, 0.1) is 11.3 Å². The predicted octanol–water partition coefficient (Wildman–Crippen LogP) is 2.54. The highest BCUT2D eigenvalue weighted by Gasteiger charge is 2.58. The molecule has 1 aromatic carbocycles. The normalized spacial score (nSPS) is 18.4. The summed E-state index contributed by atoms with van der Waals surface area (Å²) in [5.41, 5.74) is 11.7. The number of nitrogens with zero attached hydrogens (tertiary/aromatic N) is 1. The van der Waals surface area contributed by atoms with E-state index >= 15 is 0 Å². The third-order valence-electron chi connectivity index (χ3n) is 9.29. The molecule has 274 valence electrons. The Kier molecular flexibility index (Phi) is 14.0. The second kappa shape index (κ2) is 17.3. The number of carbonyl (C=O) groups is 5. The molecular weight excluding hydrogens is 628 g/mol. The second-order valence-corrected chi connectivity index (χ2v) is 15.3. The average molecular weight is 687 g/mol. The lowest BCUT2D eigenvalue weighted by molar-refractivity contribution is -0.161. The first kappa shape index (κ1) is 39.7. The van der Waals surface area contributed by atoms with Gasteiger partial charge in [0.15, 0.2) is 0 Å². The van der Waals surface area contributed by atoms with Crippen LogP contribution in [-0.2, 0) is 35.1 Å². The first-order chi connectivity index (χ1) is 23.0. The molecule has 3 rings (SSSR count). The molecule has 0 radical (unpaired) electrons. The zero-order valence-corrected chi connectivity index (χ0v) is 30.1. The van der Waals surface area contributed by atoms with Gasteiger partial charge in [0, 0.05) is 19.6 Å². The van der Waals surface area contributed by atoms with E-state index in [9.17, 15) is 24.0 Å². The number of methoxy groups -OCH3 is 1. The van der Waals surface area contributed by atoms with Gasteiger partial charge in [0.05, 0.1) is 13.2 Å². The summed E-state index contributed by atoms with van der Waals surface area (Å²) in [6, 6.07) is 6.86. The number of ether oxygens (including phenoxy) is 2. The molecule has 3 atom stereocenters. The van der Waals surface area contributed by atoms with Gasteiger partial charge >= 0.3 is 12.1 Å². The number of unbranched alkanes of at least 4 members (excludes halogenated alkanes) is 1. The maximum Gasteiger partial charge on any atom is 0.407 e. The number of likely N-dealkylation sites (tertiary alicyclic amines) is 1. The van der Waals surface area contributed by atoms with Crippen LogP contribution in [-0.4, -0.2) is 90.7 Å². The molecule has 1 spiro atoms. The van der Waals surface area contributed by atoms with E-state index in [0.717, 1.165) is 5.56 Å². The molecule has 7 N–H and O–H groups in total. The summed E-state index contributed by atoms with van der Waals surface area (Å²) in [4.78, 5) is 66.8. The van der Waals surface area contributed by atoms with Gasteiger partial charge in [-0.3, -0.25) is 19.2 Å². The van der Waals surface area contributed by atoms with Crippen LogP contribution in [0.15, 0.2) is 30.3 Å². The quantitative estimate of drug-likeness (QED) is 0.136. The standard InChI is InChI=1S/C36H58N6O7/c1-24(2)20-28(41-29(43)26(37)21-25-12-8-7-9-13-25)30(44)40-27(14-10-11-17-39-33(47)49-34(3,4)5)31(45)42-18-15-35(16-19-42)22-36(38,23-35)32(46)48-6/h7-9,12-13,24,26-28H,10-11,14-23,37-38H2,1-6H3,(H,39,47)(H,40,44)(H,41,43)/t26-,27-,28-/m1/s1. The summed E-state index contributed by atoms with van der Waals surface area (Å²) in [6.07, 6.45) is 4.04. The van der Waals surface area contributed by atoms with Gasteiger partial charge in [0.1, 0.15) is 23.2 Å². The lowest BCUT2D eigenvalue weighted by Crippen LogP contribution is -2.66. The van der Waals surface area contributed by atoms with Crippen molar-refractivity contribution in [2.24, 2.45) is 22.8 Å². The topological polar surface area (TPSA) is 195 Å². The molecule has 13 nitrogen and oxygen atoms in total. The number of carbonyl (C=O) groups excluding carboxylic acids is 5. The summed E-state index contributed by atoms with van der Waals surface area (Å²) in [6.45, 7) is 10.6. The highest BCUT2D eigenvalue weighted by atomic mass is 16.6. The van der Waals surface area contributed by atoms with E-state index in [0.29, 0.717) is 77.4 Å². The van der Waals surface area contributed by atoms with Crippen LogP contribution in [0.5, 0.6) is 0 Å². The zero-order chi connectivity index (χ0) is 36.4. The third kappa shape index (κ3) is 12.0. The van der Waals surface area contributed by atoms with Gasteiger partial charge in [-0.1, -0.05) is 44.2 Å². The van der Waals surface area contributed by atoms with Gasteiger partial charge in [-0.15, -0.1) is 0 Å². The molecule has 1 aliphatic carbocycles. The Balaban J connectivity index is 1.65. The minimum absolute atomic E-state index is 0.0786. The van der Waals surface area contributed by atoms with Crippen molar-refractivity contribution in [1.29, 1.82) is 0 Å². The smallest absolute Gasteiger partial charge is 0.407 e. The summed E-state index contributed by atoms with van der Waals surface area (Å²) < 4.78 is 10.2. The van der Waals surface area contributed by atoms with Gasteiger partial charge < -0.3 is 41.8 Å². The third-order valence-corrected chi connectivity index (χ3v) is 9.29. The number of hydrogen-bond donors (Lipinski definition) is 5. The van der Waals surface area contributed by atoms with Gasteiger partial charge in [0.25, 0.3) is 0 Å². The molecule has 1 aliphatic heterocycles. The number of piperidine rings is 1. The number of alkyl carbamates (subject to hydrolysis) is 1. The van der Waals surface area contributed by atoms with Gasteiger partial charge in [0.2, 0.25) is 17.7 Å². The van der Waals surface area contributed by atoms with E-state index in [1.54, 1.807) is 25.7 Å². The van der Waals surface area contributed by atoms with Crippen LogP contribution in [0.4, 0.5) is 4.79 Å². The molecular formula is C36H58N6O7. The van der Waals surface area contributed by atoms with Crippen LogP contribution >= 0.6 is 0 Å². The highest BCUT2D eigenvalue weighted by Crippen LogP contribution is 2.54. The molecule has 49 heavy (non-hydrogen) atoms. The number of nitrogens with two attached hydrogens (primary N) is 2. The lowest BCUT2D eigenvalue weighted by atomic mass is 9.54. The second-order valence-electron chi connectivity index (χ2n) is 15.3. The first-order valence-corrected chi connectivity index (χ1v) is 17.5. The van der Waals surface area contributed by atoms with Crippen LogP contribution in [0.2, 0.25) is 0 Å². The number of esters is 1. The van der Waals surface area contributed by atoms with E-state index < -0.39 is 53.1 Å². The highest BCUT2D eigenvalue weighted by molar-refractivity contribution is 5.93. The molecule has 2 aliphatic rings. The zero-order valence-electron chi connectivity index (χ0n) is 30.1. The molecule has 0 bridgehead atoms. The van der Waals surface area contributed by atoms with Crippen molar-refractivity contribution in [2.45, 2.75) is 122 Å².